The number of hydrogen-bond acceptors (Lipinski definition) is 3. The number of carbonyl (C=O) groups is 1. The van der Waals surface area contributed by atoms with Gasteiger partial charge in [0.1, 0.15) is 0 Å². The molecule has 0 atom stereocenters. The molecule has 20 heavy (non-hydrogen) atoms. The van der Waals surface area contributed by atoms with Gasteiger partial charge in [0.15, 0.2) is 10.3 Å². The summed E-state index contributed by atoms with van der Waals surface area (Å²) in [6, 6.07) is 1.49. The van der Waals surface area contributed by atoms with E-state index in [9.17, 15) is 4.79 Å². The van der Waals surface area contributed by atoms with Crippen molar-refractivity contribution in [3.05, 3.63) is 21.9 Å². The first-order valence-electron chi connectivity index (χ1n) is 6.99. The molecule has 0 N–H and O–H groups in total. The van der Waals surface area contributed by atoms with Gasteiger partial charge >= 0.3 is 0 Å². The number of amides is 1. The van der Waals surface area contributed by atoms with Gasteiger partial charge in [-0.1, -0.05) is 49.9 Å². The van der Waals surface area contributed by atoms with Gasteiger partial charge < -0.3 is 4.90 Å². The fraction of sp³-hybridized carbons (Fsp3) is 0.643. The lowest BCUT2D eigenvalue weighted by Gasteiger charge is -2.41. The normalized spacial score (nSPS) is 18.1. The zero-order chi connectivity index (χ0) is 14.8. The van der Waals surface area contributed by atoms with Gasteiger partial charge in [0.2, 0.25) is 0 Å². The maximum Gasteiger partial charge on any atom is 0.257 e. The number of likely N-dealkylation sites (tertiary alicyclic amines) is 1. The van der Waals surface area contributed by atoms with Crippen molar-refractivity contribution in [1.29, 1.82) is 0 Å². The van der Waals surface area contributed by atoms with E-state index in [0.29, 0.717) is 11.0 Å². The second-order valence-electron chi connectivity index (χ2n) is 5.37. The molecule has 1 aliphatic heterocycles. The van der Waals surface area contributed by atoms with E-state index < -0.39 is 0 Å². The van der Waals surface area contributed by atoms with Crippen molar-refractivity contribution in [3.8, 4) is 0 Å². The molecule has 0 spiro atoms. The minimum Gasteiger partial charge on any atom is -0.339 e. The van der Waals surface area contributed by atoms with E-state index in [-0.39, 0.29) is 16.2 Å². The van der Waals surface area contributed by atoms with Crippen LogP contribution in [0.4, 0.5) is 0 Å². The highest BCUT2D eigenvalue weighted by Gasteiger charge is 2.33. The largest absolute Gasteiger partial charge is 0.339 e. The average molecular weight is 316 g/mol. The smallest absolute Gasteiger partial charge is 0.257 e. The van der Waals surface area contributed by atoms with Crippen LogP contribution in [-0.4, -0.2) is 34.1 Å². The number of halogens is 2. The second kappa shape index (κ2) is 6.27. The molecule has 1 aliphatic rings. The Morgan fingerprint density at radius 3 is 2.40 bits per heavy atom. The van der Waals surface area contributed by atoms with E-state index in [0.717, 1.165) is 38.8 Å². The first-order chi connectivity index (χ1) is 9.51. The molecule has 0 aliphatic carbocycles. The van der Waals surface area contributed by atoms with E-state index in [4.69, 9.17) is 23.2 Å². The van der Waals surface area contributed by atoms with E-state index in [1.165, 1.54) is 6.07 Å². The molecule has 1 aromatic rings. The Morgan fingerprint density at radius 2 is 1.85 bits per heavy atom. The van der Waals surface area contributed by atoms with Crippen LogP contribution in [0.25, 0.3) is 0 Å². The van der Waals surface area contributed by atoms with Crippen LogP contribution in [0, 0.1) is 5.41 Å². The fourth-order valence-electron chi connectivity index (χ4n) is 2.81. The van der Waals surface area contributed by atoms with Crippen LogP contribution in [0.15, 0.2) is 6.07 Å². The highest BCUT2D eigenvalue weighted by Crippen LogP contribution is 2.38. The highest BCUT2D eigenvalue weighted by atomic mass is 35.5. The number of carbonyl (C=O) groups excluding carboxylic acids is 1. The number of rotatable bonds is 3. The Morgan fingerprint density at radius 1 is 1.25 bits per heavy atom. The molecule has 110 valence electrons. The van der Waals surface area contributed by atoms with Gasteiger partial charge in [-0.05, 0) is 24.3 Å². The van der Waals surface area contributed by atoms with Gasteiger partial charge in [-0.25, -0.2) is 0 Å². The minimum atomic E-state index is -0.104. The second-order valence-corrected chi connectivity index (χ2v) is 6.12. The fourth-order valence-corrected chi connectivity index (χ4v) is 3.13. The van der Waals surface area contributed by atoms with Crippen molar-refractivity contribution in [2.24, 2.45) is 5.41 Å². The van der Waals surface area contributed by atoms with Crippen molar-refractivity contribution >= 4 is 29.1 Å². The SMILES string of the molecule is CCC1(CC)CCN(C(=O)c2cc(Cl)nnc2Cl)CC1. The molecule has 0 bridgehead atoms. The molecule has 0 aromatic carbocycles. The molecule has 1 amide bonds. The Hall–Kier alpha value is -0.870. The Bertz CT molecular complexity index is 493. The van der Waals surface area contributed by atoms with Crippen molar-refractivity contribution in [3.63, 3.8) is 0 Å². The number of nitrogens with zero attached hydrogens (tertiary/aromatic N) is 3. The van der Waals surface area contributed by atoms with Gasteiger partial charge in [-0.2, -0.15) is 0 Å². The average Bonchev–Trinajstić information content (AvgIpc) is 2.49. The summed E-state index contributed by atoms with van der Waals surface area (Å²) in [6.45, 7) is 5.97. The summed E-state index contributed by atoms with van der Waals surface area (Å²) < 4.78 is 0. The molecule has 0 radical (unpaired) electrons. The lowest BCUT2D eigenvalue weighted by atomic mass is 9.74. The predicted molar refractivity (Wildman–Crippen MR) is 80.2 cm³/mol. The summed E-state index contributed by atoms with van der Waals surface area (Å²) in [7, 11) is 0. The summed E-state index contributed by atoms with van der Waals surface area (Å²) in [5.41, 5.74) is 0.724. The van der Waals surface area contributed by atoms with Crippen molar-refractivity contribution in [2.45, 2.75) is 39.5 Å². The quantitative estimate of drug-likeness (QED) is 0.851. The third-order valence-electron chi connectivity index (χ3n) is 4.56. The molecule has 1 fully saturated rings. The Balaban J connectivity index is 2.10. The van der Waals surface area contributed by atoms with Crippen LogP contribution in [0.3, 0.4) is 0 Å². The van der Waals surface area contributed by atoms with Gasteiger partial charge in [0.25, 0.3) is 5.91 Å². The maximum atomic E-state index is 12.5. The molecular weight excluding hydrogens is 297 g/mol. The monoisotopic (exact) mass is 315 g/mol. The molecule has 0 saturated carbocycles. The van der Waals surface area contributed by atoms with Gasteiger partial charge in [-0.3, -0.25) is 4.79 Å². The Kier molecular flexibility index (Phi) is 4.86. The zero-order valence-electron chi connectivity index (χ0n) is 11.8. The lowest BCUT2D eigenvalue weighted by molar-refractivity contribution is 0.0557. The highest BCUT2D eigenvalue weighted by molar-refractivity contribution is 6.34. The third kappa shape index (κ3) is 3.07. The minimum absolute atomic E-state index is 0.104. The van der Waals surface area contributed by atoms with E-state index in [1.807, 2.05) is 4.90 Å². The lowest BCUT2D eigenvalue weighted by Crippen LogP contribution is -2.43. The number of aromatic nitrogens is 2. The molecule has 2 heterocycles. The van der Waals surface area contributed by atoms with E-state index >= 15 is 0 Å². The first kappa shape index (κ1) is 15.5. The zero-order valence-corrected chi connectivity index (χ0v) is 13.3. The molecule has 4 nitrogen and oxygen atoms in total. The number of hydrogen-bond donors (Lipinski definition) is 0. The van der Waals surface area contributed by atoms with Crippen molar-refractivity contribution in [1.82, 2.24) is 15.1 Å². The van der Waals surface area contributed by atoms with Crippen LogP contribution in [0.2, 0.25) is 10.3 Å². The molecule has 1 saturated heterocycles. The summed E-state index contributed by atoms with van der Waals surface area (Å²) >= 11 is 11.7. The maximum absolute atomic E-state index is 12.5. The van der Waals surface area contributed by atoms with Crippen LogP contribution < -0.4 is 0 Å². The summed E-state index contributed by atoms with van der Waals surface area (Å²) in [5, 5.41) is 7.62. The molecule has 1 aromatic heterocycles. The molecule has 0 unspecified atom stereocenters. The third-order valence-corrected chi connectivity index (χ3v) is 5.02. The predicted octanol–water partition coefficient (Wildman–Crippen LogP) is 3.83. The van der Waals surface area contributed by atoms with E-state index in [1.54, 1.807) is 0 Å². The molecular formula is C14H19Cl2N3O. The van der Waals surface area contributed by atoms with Gasteiger partial charge in [0.05, 0.1) is 5.56 Å². The van der Waals surface area contributed by atoms with Gasteiger partial charge in [-0.15, -0.1) is 10.2 Å². The first-order valence-corrected chi connectivity index (χ1v) is 7.75. The topological polar surface area (TPSA) is 46.1 Å². The number of piperidine rings is 1. The van der Waals surface area contributed by atoms with E-state index in [2.05, 4.69) is 24.0 Å². The van der Waals surface area contributed by atoms with Crippen LogP contribution >= 0.6 is 23.2 Å². The summed E-state index contributed by atoms with van der Waals surface area (Å²) in [4.78, 5) is 14.3. The van der Waals surface area contributed by atoms with Crippen LogP contribution in [-0.2, 0) is 0 Å². The van der Waals surface area contributed by atoms with Crippen molar-refractivity contribution < 1.29 is 4.79 Å². The summed E-state index contributed by atoms with van der Waals surface area (Å²) in [6.07, 6.45) is 4.40. The molecule has 2 rings (SSSR count). The van der Waals surface area contributed by atoms with Crippen LogP contribution in [0.5, 0.6) is 0 Å². The van der Waals surface area contributed by atoms with Gasteiger partial charge in [0, 0.05) is 13.1 Å². The van der Waals surface area contributed by atoms with Crippen molar-refractivity contribution in [2.75, 3.05) is 13.1 Å². The molecule has 6 heteroatoms. The summed E-state index contributed by atoms with van der Waals surface area (Å²) in [5.74, 6) is -0.104. The Labute approximate surface area is 129 Å². The standard InChI is InChI=1S/C14H19Cl2N3O/c1-3-14(4-2)5-7-19(8-6-14)13(20)10-9-11(15)17-18-12(10)16/h9H,3-8H2,1-2H3. The van der Waals surface area contributed by atoms with Crippen LogP contribution in [0.1, 0.15) is 49.9 Å².